The van der Waals surface area contributed by atoms with Gasteiger partial charge in [0.1, 0.15) is 0 Å². The molecule has 0 amide bonds. The molecule has 0 fully saturated rings. The first-order valence-corrected chi connectivity index (χ1v) is 0.610. The first-order valence-electron chi connectivity index (χ1n) is 0.610. The van der Waals surface area contributed by atoms with E-state index >= 15 is 0 Å². The van der Waals surface area contributed by atoms with Gasteiger partial charge in [-0.25, -0.2) is 0 Å². The summed E-state index contributed by atoms with van der Waals surface area (Å²) in [7, 11) is 0. The summed E-state index contributed by atoms with van der Waals surface area (Å²) in [6.45, 7) is 0. The standard InChI is InChI=1S/H2N2O2/c1-4-2-3/h2-3H. The highest BCUT2D eigenvalue weighted by Crippen LogP contribution is 1.26. The fourth-order valence-electron chi connectivity index (χ4n) is 0. The van der Waals surface area contributed by atoms with E-state index in [0.29, 0.717) is 0 Å². The molecule has 0 aliphatic carbocycles. The topological polar surface area (TPSA) is 63.8 Å². The van der Waals surface area contributed by atoms with Crippen molar-refractivity contribution in [1.29, 1.82) is 0 Å². The third-order valence-electron chi connectivity index (χ3n) is 0.0408. The van der Waals surface area contributed by atoms with Crippen molar-refractivity contribution in [3.05, 3.63) is 0 Å². The third-order valence-corrected chi connectivity index (χ3v) is 0.0408. The number of hydrogen-bond donors (Lipinski definition) is 2. The fourth-order valence-corrected chi connectivity index (χ4v) is 0. The Bertz CT molecular complexity index is 6.00. The van der Waals surface area contributed by atoms with Crippen LogP contribution in [0.15, 0.2) is 0 Å². The zero-order chi connectivity index (χ0) is 3.41. The highest BCUT2D eigenvalue weighted by atomic mass is 16.9. The molecule has 0 saturated carbocycles. The third kappa shape index (κ3) is 1.84. The van der Waals surface area contributed by atoms with E-state index in [1.165, 1.54) is 0 Å². The second-order valence-electron chi connectivity index (χ2n) is 0.183. The summed E-state index contributed by atoms with van der Waals surface area (Å²) >= 11 is 0. The Labute approximate surface area is 23.0 Å². The Balaban J connectivity index is 1.97. The van der Waals surface area contributed by atoms with Crippen molar-refractivity contribution < 1.29 is 10.1 Å². The van der Waals surface area contributed by atoms with E-state index < -0.39 is 0 Å². The van der Waals surface area contributed by atoms with Crippen molar-refractivity contribution in [2.45, 2.75) is 0 Å². The Kier molecular flexibility index (Phi) is 2.73. The van der Waals surface area contributed by atoms with Gasteiger partial charge in [0.2, 0.25) is 0 Å². The second kappa shape index (κ2) is 2.84. The van der Waals surface area contributed by atoms with E-state index in [1.54, 1.807) is 0 Å². The first-order chi connectivity index (χ1) is 1.91. The monoisotopic (exact) mass is 62.0 g/mol. The highest BCUT2D eigenvalue weighted by Gasteiger charge is 1.52. The van der Waals surface area contributed by atoms with Gasteiger partial charge >= 0.3 is 0 Å². The molecule has 0 saturated heterocycles. The lowest BCUT2D eigenvalue weighted by atomic mass is 13.1. The maximum atomic E-state index is 7.15. The highest BCUT2D eigenvalue weighted by molar-refractivity contribution is 3.31. The van der Waals surface area contributed by atoms with Crippen LogP contribution in [0.2, 0.25) is 0 Å². The van der Waals surface area contributed by atoms with Crippen LogP contribution in [0.1, 0.15) is 0 Å². The van der Waals surface area contributed by atoms with Gasteiger partial charge in [0.25, 0.3) is 0 Å². The van der Waals surface area contributed by atoms with E-state index in [4.69, 9.17) is 11.1 Å². The van der Waals surface area contributed by atoms with Gasteiger partial charge in [0, 0.05) is 0 Å². The summed E-state index contributed by atoms with van der Waals surface area (Å²) in [5, 5.41) is 7.15. The molecule has 0 aliphatic rings. The van der Waals surface area contributed by atoms with Crippen LogP contribution in [0.4, 0.5) is 0 Å². The molecule has 2 radical (unpaired) electrons. The number of rotatable bonds is 1. The number of nitrogens with zero attached hydrogens (tertiary/aromatic N) is 1. The number of nitrogens with one attached hydrogen (secondary N) is 1. The minimum Gasteiger partial charge on any atom is -0.291 e. The van der Waals surface area contributed by atoms with Gasteiger partial charge in [-0.2, -0.15) is 0 Å². The van der Waals surface area contributed by atoms with Crippen molar-refractivity contribution in [2.24, 2.45) is 0 Å². The largest absolute Gasteiger partial charge is 0.291 e. The van der Waals surface area contributed by atoms with Gasteiger partial charge in [0.05, 0.1) is 5.90 Å². The molecular weight excluding hydrogens is 60.0 g/mol. The van der Waals surface area contributed by atoms with Gasteiger partial charge in [-0.1, -0.05) is 5.64 Å². The molecule has 0 heterocycles. The molecule has 0 rings (SSSR count). The Morgan fingerprint density at radius 3 is 2.25 bits per heavy atom. The molecule has 0 spiro atoms. The smallest absolute Gasteiger partial charge is 0.0644 e. The first kappa shape index (κ1) is 3.84. The predicted octanol–water partition coefficient (Wildman–Crippen LogP) is -1.12. The Morgan fingerprint density at radius 1 is 2.00 bits per heavy atom. The van der Waals surface area contributed by atoms with Crippen LogP contribution >= 0.6 is 0 Å². The van der Waals surface area contributed by atoms with E-state index in [-0.39, 0.29) is 0 Å². The van der Waals surface area contributed by atoms with Crippen LogP contribution in [-0.4, -0.2) is 5.21 Å². The molecule has 0 aliphatic heterocycles. The normalized spacial score (nSPS) is 7.50. The van der Waals surface area contributed by atoms with Crippen LogP contribution in [0.3, 0.4) is 0 Å². The van der Waals surface area contributed by atoms with Gasteiger partial charge in [-0.05, 0) is 0 Å². The Hall–Kier alpha value is -0.160. The van der Waals surface area contributed by atoms with Crippen molar-refractivity contribution >= 4 is 0 Å². The van der Waals surface area contributed by atoms with Gasteiger partial charge < -0.3 is 0 Å². The Morgan fingerprint density at radius 2 is 2.25 bits per heavy atom. The molecule has 0 unspecified atom stereocenters. The van der Waals surface area contributed by atoms with Crippen molar-refractivity contribution in [2.75, 3.05) is 0 Å². The van der Waals surface area contributed by atoms with Gasteiger partial charge in [-0.3, -0.25) is 5.21 Å². The summed E-state index contributed by atoms with van der Waals surface area (Å²) in [6, 6.07) is 0. The minimum atomic E-state index is 0.986. The maximum Gasteiger partial charge on any atom is 0.0644 e. The predicted molar refractivity (Wildman–Crippen MR) is 8.14 cm³/mol. The van der Waals surface area contributed by atoms with E-state index in [2.05, 4.69) is 4.94 Å². The molecule has 2 N–H and O–H groups in total. The molecule has 0 aromatic rings. The molecular formula is H2N2O2. The van der Waals surface area contributed by atoms with Crippen LogP contribution in [-0.2, 0) is 4.94 Å². The van der Waals surface area contributed by atoms with E-state index in [0.717, 1.165) is 5.64 Å². The zero-order valence-corrected chi connectivity index (χ0v) is 1.80. The summed E-state index contributed by atoms with van der Waals surface area (Å²) in [4.78, 5) is 2.85. The molecule has 4 nitrogen and oxygen atoms in total. The molecule has 4 heavy (non-hydrogen) atoms. The summed E-state index contributed by atoms with van der Waals surface area (Å²) in [5.74, 6) is 7.01. The molecule has 0 atom stereocenters. The molecule has 0 aromatic carbocycles. The lowest BCUT2D eigenvalue weighted by Crippen LogP contribution is -2.04. The fraction of sp³-hybridized carbons (Fsp3) is 0. The van der Waals surface area contributed by atoms with Gasteiger partial charge in [-0.15, -0.1) is 4.94 Å². The summed E-state index contributed by atoms with van der Waals surface area (Å²) in [5.41, 5.74) is 0.986. The second-order valence-corrected chi connectivity index (χ2v) is 0.183. The van der Waals surface area contributed by atoms with Crippen LogP contribution < -0.4 is 11.5 Å². The number of hydrogen-bond acceptors (Lipinski definition) is 3. The quantitative estimate of drug-likeness (QED) is 0.378. The summed E-state index contributed by atoms with van der Waals surface area (Å²) in [6.07, 6.45) is 0. The zero-order valence-electron chi connectivity index (χ0n) is 1.80. The molecule has 4 heteroatoms. The van der Waals surface area contributed by atoms with E-state index in [9.17, 15) is 0 Å². The van der Waals surface area contributed by atoms with Crippen LogP contribution in [0.5, 0.6) is 0 Å². The van der Waals surface area contributed by atoms with Crippen molar-refractivity contribution in [3.63, 3.8) is 0 Å². The summed E-state index contributed by atoms with van der Waals surface area (Å²) < 4.78 is 0. The van der Waals surface area contributed by atoms with Gasteiger partial charge in [0.15, 0.2) is 0 Å². The molecule has 0 aromatic heterocycles. The SMILES string of the molecule is [N]ONO. The van der Waals surface area contributed by atoms with E-state index in [1.807, 2.05) is 0 Å². The van der Waals surface area contributed by atoms with Crippen LogP contribution in [0.25, 0.3) is 0 Å². The lowest BCUT2D eigenvalue weighted by molar-refractivity contribution is -0.139. The average Bonchev–Trinajstić information content (AvgIpc) is 1.37. The van der Waals surface area contributed by atoms with Crippen LogP contribution in [0, 0.1) is 0 Å². The molecule has 0 bridgehead atoms. The molecule has 24 valence electrons. The maximum absolute atomic E-state index is 7.15. The van der Waals surface area contributed by atoms with Crippen molar-refractivity contribution in [1.82, 2.24) is 11.5 Å². The minimum absolute atomic E-state index is 0.986. The lowest BCUT2D eigenvalue weighted by Gasteiger charge is -1.73. The average molecular weight is 62.0 g/mol. The van der Waals surface area contributed by atoms with Crippen molar-refractivity contribution in [3.8, 4) is 0 Å².